The van der Waals surface area contributed by atoms with Crippen molar-refractivity contribution < 1.29 is 13.5 Å². The molecule has 2 N–H and O–H groups in total. The first-order chi connectivity index (χ1) is 13.1. The molecule has 1 aliphatic heterocycles. The predicted octanol–water partition coefficient (Wildman–Crippen LogP) is 4.37. The molecule has 4 nitrogen and oxygen atoms in total. The van der Waals surface area contributed by atoms with E-state index in [1.807, 2.05) is 6.07 Å². The second-order valence-corrected chi connectivity index (χ2v) is 6.87. The fourth-order valence-corrected chi connectivity index (χ4v) is 3.33. The van der Waals surface area contributed by atoms with Gasteiger partial charge in [-0.15, -0.1) is 0 Å². The van der Waals surface area contributed by atoms with E-state index in [9.17, 15) is 8.78 Å². The minimum atomic E-state index is -2.83. The summed E-state index contributed by atoms with van der Waals surface area (Å²) < 4.78 is 28.7. The first-order valence-electron chi connectivity index (χ1n) is 8.99. The maximum Gasteiger partial charge on any atom is 0.387 e. The lowest BCUT2D eigenvalue weighted by atomic mass is 10.1. The normalized spacial score (nSPS) is 14.3. The summed E-state index contributed by atoms with van der Waals surface area (Å²) >= 11 is 5.34. The number of likely N-dealkylation sites (tertiary alicyclic amines) is 1. The van der Waals surface area contributed by atoms with Crippen LogP contribution in [0.3, 0.4) is 0 Å². The van der Waals surface area contributed by atoms with Gasteiger partial charge in [0.2, 0.25) is 0 Å². The summed E-state index contributed by atoms with van der Waals surface area (Å²) in [6.45, 7) is 1.08. The highest BCUT2D eigenvalue weighted by Crippen LogP contribution is 2.18. The van der Waals surface area contributed by atoms with E-state index >= 15 is 0 Å². The molecule has 2 aromatic carbocycles. The van der Waals surface area contributed by atoms with E-state index in [0.717, 1.165) is 19.6 Å². The van der Waals surface area contributed by atoms with Crippen molar-refractivity contribution in [3.05, 3.63) is 59.7 Å². The third kappa shape index (κ3) is 6.15. The molecule has 0 atom stereocenters. The van der Waals surface area contributed by atoms with Gasteiger partial charge in [-0.3, -0.25) is 4.90 Å². The van der Waals surface area contributed by atoms with Crippen LogP contribution in [0, 0.1) is 0 Å². The van der Waals surface area contributed by atoms with Gasteiger partial charge in [-0.2, -0.15) is 8.78 Å². The van der Waals surface area contributed by atoms with Crippen LogP contribution in [0.2, 0.25) is 0 Å². The second-order valence-electron chi connectivity index (χ2n) is 6.46. The Hall–Kier alpha value is -2.25. The van der Waals surface area contributed by atoms with Crippen LogP contribution in [0.1, 0.15) is 24.0 Å². The lowest BCUT2D eigenvalue weighted by Crippen LogP contribution is -2.28. The summed E-state index contributed by atoms with van der Waals surface area (Å²) in [6, 6.07) is 14.6. The first-order valence-corrected chi connectivity index (χ1v) is 9.40. The highest BCUT2D eigenvalue weighted by Gasteiger charge is 2.13. The first kappa shape index (κ1) is 19.5. The number of anilines is 1. The average molecular weight is 391 g/mol. The minimum Gasteiger partial charge on any atom is -0.435 e. The molecular weight excluding hydrogens is 368 g/mol. The Labute approximate surface area is 163 Å². The van der Waals surface area contributed by atoms with Gasteiger partial charge in [0.15, 0.2) is 5.11 Å². The van der Waals surface area contributed by atoms with Crippen LogP contribution in [-0.2, 0) is 13.1 Å². The van der Waals surface area contributed by atoms with Gasteiger partial charge < -0.3 is 15.4 Å². The van der Waals surface area contributed by atoms with E-state index in [-0.39, 0.29) is 5.75 Å². The van der Waals surface area contributed by atoms with Crippen molar-refractivity contribution in [2.45, 2.75) is 32.5 Å². The molecule has 0 unspecified atom stereocenters. The summed E-state index contributed by atoms with van der Waals surface area (Å²) in [5.41, 5.74) is 3.23. The fraction of sp³-hybridized carbons (Fsp3) is 0.350. The van der Waals surface area contributed by atoms with Gasteiger partial charge in [-0.05, 0) is 73.5 Å². The lowest BCUT2D eigenvalue weighted by Gasteiger charge is -2.18. The van der Waals surface area contributed by atoms with Crippen molar-refractivity contribution in [1.82, 2.24) is 10.2 Å². The van der Waals surface area contributed by atoms with Crippen molar-refractivity contribution >= 4 is 23.0 Å². The summed E-state index contributed by atoms with van der Waals surface area (Å²) in [4.78, 5) is 2.47. The number of rotatable bonds is 7. The van der Waals surface area contributed by atoms with E-state index < -0.39 is 6.61 Å². The predicted molar refractivity (Wildman–Crippen MR) is 107 cm³/mol. The Morgan fingerprint density at radius 3 is 2.37 bits per heavy atom. The second kappa shape index (κ2) is 9.62. The van der Waals surface area contributed by atoms with Gasteiger partial charge in [0.05, 0.1) is 0 Å². The number of halogens is 2. The highest BCUT2D eigenvalue weighted by molar-refractivity contribution is 7.80. The van der Waals surface area contributed by atoms with Crippen molar-refractivity contribution in [2.24, 2.45) is 0 Å². The Balaban J connectivity index is 1.51. The average Bonchev–Trinajstić information content (AvgIpc) is 3.15. The molecule has 27 heavy (non-hydrogen) atoms. The van der Waals surface area contributed by atoms with Crippen LogP contribution in [-0.4, -0.2) is 29.7 Å². The molecule has 7 heteroatoms. The largest absolute Gasteiger partial charge is 0.435 e. The van der Waals surface area contributed by atoms with Crippen LogP contribution < -0.4 is 15.4 Å². The molecule has 3 rings (SSSR count). The Morgan fingerprint density at radius 2 is 1.70 bits per heavy atom. The van der Waals surface area contributed by atoms with E-state index in [2.05, 4.69) is 38.5 Å². The van der Waals surface area contributed by atoms with E-state index in [1.165, 1.54) is 36.1 Å². The number of hydrogen-bond donors (Lipinski definition) is 2. The molecule has 1 saturated heterocycles. The van der Waals surface area contributed by atoms with Crippen LogP contribution in [0.25, 0.3) is 0 Å². The van der Waals surface area contributed by atoms with Crippen LogP contribution in [0.15, 0.2) is 48.5 Å². The maximum absolute atomic E-state index is 12.2. The topological polar surface area (TPSA) is 36.5 Å². The van der Waals surface area contributed by atoms with Crippen LogP contribution in [0.4, 0.5) is 14.5 Å². The third-order valence-corrected chi connectivity index (χ3v) is 4.73. The SMILES string of the molecule is FC(F)Oc1ccc(NC(=S)NCc2ccccc2CN2CCCC2)cc1. The van der Waals surface area contributed by atoms with Gasteiger partial charge in [0.1, 0.15) is 5.75 Å². The van der Waals surface area contributed by atoms with Crippen molar-refractivity contribution in [3.8, 4) is 5.75 Å². The molecule has 0 aliphatic carbocycles. The van der Waals surface area contributed by atoms with Gasteiger partial charge >= 0.3 is 6.61 Å². The molecule has 0 radical (unpaired) electrons. The zero-order valence-corrected chi connectivity index (χ0v) is 15.8. The van der Waals surface area contributed by atoms with Gasteiger partial charge in [-0.25, -0.2) is 0 Å². The molecule has 1 fully saturated rings. The Bertz CT molecular complexity index is 749. The zero-order chi connectivity index (χ0) is 19.1. The molecule has 0 spiro atoms. The number of nitrogens with one attached hydrogen (secondary N) is 2. The molecule has 0 amide bonds. The quantitative estimate of drug-likeness (QED) is 0.686. The molecule has 2 aromatic rings. The van der Waals surface area contributed by atoms with Crippen molar-refractivity contribution in [1.29, 1.82) is 0 Å². The molecule has 1 heterocycles. The monoisotopic (exact) mass is 391 g/mol. The Morgan fingerprint density at radius 1 is 1.04 bits per heavy atom. The van der Waals surface area contributed by atoms with Gasteiger partial charge in [-0.1, -0.05) is 24.3 Å². The number of hydrogen-bond acceptors (Lipinski definition) is 3. The smallest absolute Gasteiger partial charge is 0.387 e. The maximum atomic E-state index is 12.2. The van der Waals surface area contributed by atoms with Crippen LogP contribution >= 0.6 is 12.2 Å². The Kier molecular flexibility index (Phi) is 6.95. The molecule has 0 bridgehead atoms. The zero-order valence-electron chi connectivity index (χ0n) is 15.0. The minimum absolute atomic E-state index is 0.116. The standard InChI is InChI=1S/C20H23F2N3OS/c21-19(22)26-18-9-7-17(8-10-18)24-20(27)23-13-15-5-1-2-6-16(15)14-25-11-3-4-12-25/h1-2,5-10,19H,3-4,11-14H2,(H2,23,24,27). The molecule has 1 aliphatic rings. The molecule has 0 aromatic heterocycles. The van der Waals surface area contributed by atoms with Gasteiger partial charge in [0, 0.05) is 18.8 Å². The van der Waals surface area contributed by atoms with E-state index in [4.69, 9.17) is 12.2 Å². The molecular formula is C20H23F2N3OS. The summed E-state index contributed by atoms with van der Waals surface area (Å²) in [5, 5.41) is 6.74. The highest BCUT2D eigenvalue weighted by atomic mass is 32.1. The van der Waals surface area contributed by atoms with Crippen molar-refractivity contribution in [2.75, 3.05) is 18.4 Å². The third-order valence-electron chi connectivity index (χ3n) is 4.49. The number of ether oxygens (including phenoxy) is 1. The van der Waals surface area contributed by atoms with Crippen molar-refractivity contribution in [3.63, 3.8) is 0 Å². The fourth-order valence-electron chi connectivity index (χ4n) is 3.14. The molecule has 0 saturated carbocycles. The van der Waals surface area contributed by atoms with Crippen LogP contribution in [0.5, 0.6) is 5.75 Å². The number of alkyl halides is 2. The lowest BCUT2D eigenvalue weighted by molar-refractivity contribution is -0.0498. The van der Waals surface area contributed by atoms with E-state index in [1.54, 1.807) is 12.1 Å². The summed E-state index contributed by atoms with van der Waals surface area (Å²) in [6.07, 6.45) is 2.55. The number of benzene rings is 2. The summed E-state index contributed by atoms with van der Waals surface area (Å²) in [7, 11) is 0. The number of thiocarbonyl (C=S) groups is 1. The van der Waals surface area contributed by atoms with Gasteiger partial charge in [0.25, 0.3) is 0 Å². The van der Waals surface area contributed by atoms with E-state index in [0.29, 0.717) is 17.3 Å². The molecule has 144 valence electrons. The summed E-state index contributed by atoms with van der Waals surface area (Å²) in [5.74, 6) is 0.116. The number of nitrogens with zero attached hydrogens (tertiary/aromatic N) is 1.